The number of likely N-dealkylation sites (tertiary alicyclic amines) is 1. The fourth-order valence-corrected chi connectivity index (χ4v) is 4.14. The molecule has 0 spiro atoms. The summed E-state index contributed by atoms with van der Waals surface area (Å²) in [5.74, 6) is 0.385. The van der Waals surface area contributed by atoms with Crippen molar-refractivity contribution in [1.29, 1.82) is 0 Å². The first kappa shape index (κ1) is 23.9. The van der Waals surface area contributed by atoms with E-state index in [4.69, 9.17) is 4.74 Å². The Bertz CT molecular complexity index is 1160. The number of alkyl halides is 3. The van der Waals surface area contributed by atoms with Gasteiger partial charge in [0.15, 0.2) is 0 Å². The number of nitrogens with one attached hydrogen (secondary N) is 1. The van der Waals surface area contributed by atoms with Crippen LogP contribution >= 0.6 is 0 Å². The molecule has 1 aliphatic heterocycles. The standard InChI is InChI=1S/C25H27F3N4O2/c1-24(23(33)30-20-9-13-29-19-7-8-21(34-2)31-22(19)20)11-15-32(16-12-24)14-10-17-3-5-18(6-4-17)25(26,27)28/h3-9,13H,10-12,14-16H2,1-2H3,(H,29,30,33). The second-order valence-electron chi connectivity index (χ2n) is 8.88. The van der Waals surface area contributed by atoms with E-state index in [1.807, 2.05) is 6.92 Å². The van der Waals surface area contributed by atoms with Crippen molar-refractivity contribution in [2.45, 2.75) is 32.4 Å². The molecule has 1 fully saturated rings. The van der Waals surface area contributed by atoms with Crippen molar-refractivity contribution < 1.29 is 22.7 Å². The summed E-state index contributed by atoms with van der Waals surface area (Å²) < 4.78 is 43.4. The van der Waals surface area contributed by atoms with Crippen LogP contribution in [0.25, 0.3) is 11.0 Å². The van der Waals surface area contributed by atoms with Crippen molar-refractivity contribution in [3.63, 3.8) is 0 Å². The monoisotopic (exact) mass is 472 g/mol. The molecule has 2 aromatic heterocycles. The van der Waals surface area contributed by atoms with Gasteiger partial charge in [-0.15, -0.1) is 0 Å². The zero-order chi connectivity index (χ0) is 24.3. The number of piperidine rings is 1. The lowest BCUT2D eigenvalue weighted by atomic mass is 9.79. The summed E-state index contributed by atoms with van der Waals surface area (Å²) in [6.45, 7) is 4.19. The number of carbonyl (C=O) groups is 1. The summed E-state index contributed by atoms with van der Waals surface area (Å²) in [5, 5.41) is 3.03. The van der Waals surface area contributed by atoms with E-state index in [9.17, 15) is 18.0 Å². The van der Waals surface area contributed by atoms with Gasteiger partial charge in [-0.05, 0) is 62.2 Å². The highest BCUT2D eigenvalue weighted by molar-refractivity contribution is 6.01. The number of halogens is 3. The topological polar surface area (TPSA) is 67.3 Å². The molecule has 3 heterocycles. The molecule has 6 nitrogen and oxygen atoms in total. The van der Waals surface area contributed by atoms with E-state index >= 15 is 0 Å². The highest BCUT2D eigenvalue weighted by atomic mass is 19.4. The van der Waals surface area contributed by atoms with Crippen LogP contribution in [0.2, 0.25) is 0 Å². The second kappa shape index (κ2) is 9.58. The number of fused-ring (bicyclic) bond motifs is 1. The summed E-state index contributed by atoms with van der Waals surface area (Å²) in [6, 6.07) is 10.6. The molecule has 1 aliphatic rings. The fraction of sp³-hybridized carbons (Fsp3) is 0.400. The largest absolute Gasteiger partial charge is 0.481 e. The number of aromatic nitrogens is 2. The normalized spacial score (nSPS) is 16.4. The third-order valence-electron chi connectivity index (χ3n) is 6.52. The van der Waals surface area contributed by atoms with Crippen molar-refractivity contribution in [1.82, 2.24) is 14.9 Å². The van der Waals surface area contributed by atoms with Gasteiger partial charge < -0.3 is 15.0 Å². The smallest absolute Gasteiger partial charge is 0.416 e. The number of nitrogens with zero attached hydrogens (tertiary/aromatic N) is 3. The van der Waals surface area contributed by atoms with Crippen LogP contribution in [0.1, 0.15) is 30.9 Å². The van der Waals surface area contributed by atoms with Gasteiger partial charge in [0.1, 0.15) is 5.52 Å². The van der Waals surface area contributed by atoms with Crippen molar-refractivity contribution in [3.05, 3.63) is 59.8 Å². The third kappa shape index (κ3) is 5.30. The number of hydrogen-bond acceptors (Lipinski definition) is 5. The van der Waals surface area contributed by atoms with Crippen LogP contribution in [-0.2, 0) is 17.4 Å². The minimum atomic E-state index is -4.32. The van der Waals surface area contributed by atoms with Crippen molar-refractivity contribution in [2.24, 2.45) is 5.41 Å². The molecule has 1 aromatic carbocycles. The maximum absolute atomic E-state index is 13.2. The first-order chi connectivity index (χ1) is 16.2. The van der Waals surface area contributed by atoms with Gasteiger partial charge in [0.25, 0.3) is 0 Å². The highest BCUT2D eigenvalue weighted by Gasteiger charge is 2.37. The molecule has 3 aromatic rings. The maximum atomic E-state index is 13.2. The van der Waals surface area contributed by atoms with Crippen molar-refractivity contribution in [3.8, 4) is 5.88 Å². The van der Waals surface area contributed by atoms with Crippen LogP contribution < -0.4 is 10.1 Å². The van der Waals surface area contributed by atoms with Crippen LogP contribution in [-0.4, -0.2) is 47.5 Å². The molecule has 180 valence electrons. The Morgan fingerprint density at radius 2 is 1.82 bits per heavy atom. The molecule has 0 atom stereocenters. The Kier molecular flexibility index (Phi) is 6.74. The average Bonchev–Trinajstić information content (AvgIpc) is 2.83. The Morgan fingerprint density at radius 1 is 1.12 bits per heavy atom. The molecule has 0 bridgehead atoms. The van der Waals surface area contributed by atoms with E-state index < -0.39 is 17.2 Å². The van der Waals surface area contributed by atoms with Gasteiger partial charge in [0, 0.05) is 24.2 Å². The van der Waals surface area contributed by atoms with E-state index in [0.717, 1.165) is 37.3 Å². The van der Waals surface area contributed by atoms with Gasteiger partial charge in [-0.3, -0.25) is 9.78 Å². The molecule has 1 N–H and O–H groups in total. The van der Waals surface area contributed by atoms with Crippen LogP contribution in [0.4, 0.5) is 18.9 Å². The molecular weight excluding hydrogens is 445 g/mol. The summed E-state index contributed by atoms with van der Waals surface area (Å²) in [7, 11) is 1.54. The number of methoxy groups -OCH3 is 1. The zero-order valence-electron chi connectivity index (χ0n) is 19.2. The van der Waals surface area contributed by atoms with Gasteiger partial charge in [-0.25, -0.2) is 4.98 Å². The number of benzene rings is 1. The second-order valence-corrected chi connectivity index (χ2v) is 8.88. The first-order valence-electron chi connectivity index (χ1n) is 11.2. The van der Waals surface area contributed by atoms with Crippen LogP contribution in [0.3, 0.4) is 0 Å². The van der Waals surface area contributed by atoms with Crippen molar-refractivity contribution in [2.75, 3.05) is 32.1 Å². The van der Waals surface area contributed by atoms with Gasteiger partial charge in [0.05, 0.1) is 23.9 Å². The van der Waals surface area contributed by atoms with E-state index in [1.54, 1.807) is 24.4 Å². The first-order valence-corrected chi connectivity index (χ1v) is 11.2. The average molecular weight is 473 g/mol. The Balaban J connectivity index is 1.34. The Hall–Kier alpha value is -3.20. The van der Waals surface area contributed by atoms with Crippen LogP contribution in [0, 0.1) is 5.41 Å². The summed E-state index contributed by atoms with van der Waals surface area (Å²) in [4.78, 5) is 24.2. The van der Waals surface area contributed by atoms with Gasteiger partial charge in [-0.1, -0.05) is 19.1 Å². The van der Waals surface area contributed by atoms with Crippen molar-refractivity contribution >= 4 is 22.6 Å². The molecule has 4 rings (SSSR count). The molecule has 1 amide bonds. The zero-order valence-corrected chi connectivity index (χ0v) is 19.2. The van der Waals surface area contributed by atoms with E-state index in [-0.39, 0.29) is 5.91 Å². The Labute approximate surface area is 196 Å². The number of anilines is 1. The third-order valence-corrected chi connectivity index (χ3v) is 6.52. The summed E-state index contributed by atoms with van der Waals surface area (Å²) in [6.07, 6.45) is -0.645. The van der Waals surface area contributed by atoms with Crippen LogP contribution in [0.15, 0.2) is 48.7 Å². The number of amides is 1. The molecule has 0 aliphatic carbocycles. The number of ether oxygens (including phenoxy) is 1. The molecule has 0 unspecified atom stereocenters. The number of hydrogen-bond donors (Lipinski definition) is 1. The SMILES string of the molecule is COc1ccc2nccc(NC(=O)C3(C)CCN(CCc4ccc(C(F)(F)F)cc4)CC3)c2n1. The van der Waals surface area contributed by atoms with Gasteiger partial charge in [-0.2, -0.15) is 13.2 Å². The predicted octanol–water partition coefficient (Wildman–Crippen LogP) is 4.94. The molecule has 9 heteroatoms. The highest BCUT2D eigenvalue weighted by Crippen LogP contribution is 2.34. The summed E-state index contributed by atoms with van der Waals surface area (Å²) in [5.41, 5.74) is 1.55. The lowest BCUT2D eigenvalue weighted by molar-refractivity contribution is -0.137. The van der Waals surface area contributed by atoms with E-state index in [2.05, 4.69) is 20.2 Å². The number of carbonyl (C=O) groups excluding carboxylic acids is 1. The van der Waals surface area contributed by atoms with Gasteiger partial charge >= 0.3 is 6.18 Å². The number of rotatable bonds is 6. The number of pyridine rings is 2. The quantitative estimate of drug-likeness (QED) is 0.551. The van der Waals surface area contributed by atoms with E-state index in [1.165, 1.54) is 19.2 Å². The molecule has 0 radical (unpaired) electrons. The Morgan fingerprint density at radius 3 is 2.47 bits per heavy atom. The predicted molar refractivity (Wildman–Crippen MR) is 124 cm³/mol. The maximum Gasteiger partial charge on any atom is 0.416 e. The lowest BCUT2D eigenvalue weighted by Gasteiger charge is -2.38. The molecular formula is C25H27F3N4O2. The summed E-state index contributed by atoms with van der Waals surface area (Å²) >= 11 is 0. The minimum absolute atomic E-state index is 0.0630. The minimum Gasteiger partial charge on any atom is -0.481 e. The molecule has 34 heavy (non-hydrogen) atoms. The van der Waals surface area contributed by atoms with E-state index in [0.29, 0.717) is 41.9 Å². The van der Waals surface area contributed by atoms with Gasteiger partial charge in [0.2, 0.25) is 11.8 Å². The lowest BCUT2D eigenvalue weighted by Crippen LogP contribution is -2.45. The molecule has 0 saturated carbocycles. The fourth-order valence-electron chi connectivity index (χ4n) is 4.14. The molecule has 1 saturated heterocycles. The van der Waals surface area contributed by atoms with Crippen LogP contribution in [0.5, 0.6) is 5.88 Å².